The standard InChI is InChI=1S/C10H11ClN2/c1-3-7-4-5-9-8(6-7)10(11)13(2)12-9/h4-6H,3H2,1-2H3. The Morgan fingerprint density at radius 1 is 1.46 bits per heavy atom. The number of nitrogens with zero attached hydrogens (tertiary/aromatic N) is 2. The Balaban J connectivity index is 2.75. The third-order valence-electron chi connectivity index (χ3n) is 2.23. The van der Waals surface area contributed by atoms with Crippen molar-refractivity contribution in [3.63, 3.8) is 0 Å². The van der Waals surface area contributed by atoms with Gasteiger partial charge in [-0.25, -0.2) is 0 Å². The van der Waals surface area contributed by atoms with Crippen LogP contribution in [0, 0.1) is 0 Å². The van der Waals surface area contributed by atoms with Crippen molar-refractivity contribution in [1.82, 2.24) is 9.78 Å². The van der Waals surface area contributed by atoms with Gasteiger partial charge in [-0.3, -0.25) is 4.68 Å². The minimum atomic E-state index is 0.713. The molecular formula is C10H11ClN2. The first kappa shape index (κ1) is 8.57. The molecule has 68 valence electrons. The van der Waals surface area contributed by atoms with Crippen LogP contribution in [0.5, 0.6) is 0 Å². The zero-order valence-corrected chi connectivity index (χ0v) is 8.47. The average molecular weight is 195 g/mol. The normalized spacial score (nSPS) is 11.0. The molecule has 0 aliphatic heterocycles. The molecule has 2 rings (SSSR count). The van der Waals surface area contributed by atoms with Gasteiger partial charge in [-0.15, -0.1) is 0 Å². The lowest BCUT2D eigenvalue weighted by atomic mass is 10.1. The number of aryl methyl sites for hydroxylation is 2. The molecule has 0 fully saturated rings. The summed E-state index contributed by atoms with van der Waals surface area (Å²) in [7, 11) is 1.86. The molecule has 0 atom stereocenters. The second kappa shape index (κ2) is 3.04. The van der Waals surface area contributed by atoms with E-state index in [0.29, 0.717) is 5.15 Å². The molecule has 0 N–H and O–H groups in total. The highest BCUT2D eigenvalue weighted by molar-refractivity contribution is 6.34. The number of fused-ring (bicyclic) bond motifs is 1. The van der Waals surface area contributed by atoms with Gasteiger partial charge in [-0.2, -0.15) is 5.10 Å². The van der Waals surface area contributed by atoms with E-state index < -0.39 is 0 Å². The molecule has 2 aromatic rings. The molecule has 0 aliphatic rings. The minimum Gasteiger partial charge on any atom is -0.256 e. The molecule has 1 aromatic heterocycles. The van der Waals surface area contributed by atoms with Gasteiger partial charge in [-0.1, -0.05) is 24.6 Å². The van der Waals surface area contributed by atoms with Crippen LogP contribution in [0.15, 0.2) is 18.2 Å². The van der Waals surface area contributed by atoms with Gasteiger partial charge in [0.25, 0.3) is 0 Å². The summed E-state index contributed by atoms with van der Waals surface area (Å²) in [5.74, 6) is 0. The Bertz CT molecular complexity index is 445. The van der Waals surface area contributed by atoms with Gasteiger partial charge in [0.1, 0.15) is 5.15 Å². The van der Waals surface area contributed by atoms with Crippen molar-refractivity contribution in [2.24, 2.45) is 7.05 Å². The van der Waals surface area contributed by atoms with Gasteiger partial charge >= 0.3 is 0 Å². The summed E-state index contributed by atoms with van der Waals surface area (Å²) in [5.41, 5.74) is 2.26. The van der Waals surface area contributed by atoms with E-state index in [1.54, 1.807) is 4.68 Å². The van der Waals surface area contributed by atoms with Crippen molar-refractivity contribution in [3.8, 4) is 0 Å². The molecule has 3 heteroatoms. The lowest BCUT2D eigenvalue weighted by Crippen LogP contribution is -1.87. The van der Waals surface area contributed by atoms with Crippen LogP contribution in [-0.4, -0.2) is 9.78 Å². The molecule has 0 spiro atoms. The molecule has 0 bridgehead atoms. The number of hydrogen-bond acceptors (Lipinski definition) is 1. The molecule has 1 heterocycles. The SMILES string of the molecule is CCc1ccc2nn(C)c(Cl)c2c1. The number of rotatable bonds is 1. The highest BCUT2D eigenvalue weighted by atomic mass is 35.5. The van der Waals surface area contributed by atoms with Gasteiger partial charge in [0.2, 0.25) is 0 Å². The summed E-state index contributed by atoms with van der Waals surface area (Å²) in [6, 6.07) is 6.20. The summed E-state index contributed by atoms with van der Waals surface area (Å²) in [6.07, 6.45) is 1.03. The summed E-state index contributed by atoms with van der Waals surface area (Å²) in [5, 5.41) is 6.03. The van der Waals surface area contributed by atoms with E-state index >= 15 is 0 Å². The molecular weight excluding hydrogens is 184 g/mol. The van der Waals surface area contributed by atoms with Gasteiger partial charge < -0.3 is 0 Å². The van der Waals surface area contributed by atoms with Crippen molar-refractivity contribution in [2.75, 3.05) is 0 Å². The van der Waals surface area contributed by atoms with Crippen LogP contribution >= 0.6 is 11.6 Å². The van der Waals surface area contributed by atoms with Crippen molar-refractivity contribution in [2.45, 2.75) is 13.3 Å². The van der Waals surface area contributed by atoms with Gasteiger partial charge in [0.05, 0.1) is 5.52 Å². The largest absolute Gasteiger partial charge is 0.256 e. The molecule has 0 saturated heterocycles. The van der Waals surface area contributed by atoms with Crippen LogP contribution in [0.3, 0.4) is 0 Å². The fraction of sp³-hybridized carbons (Fsp3) is 0.300. The number of aromatic nitrogens is 2. The van der Waals surface area contributed by atoms with E-state index in [9.17, 15) is 0 Å². The highest BCUT2D eigenvalue weighted by Crippen LogP contribution is 2.23. The lowest BCUT2D eigenvalue weighted by Gasteiger charge is -1.94. The zero-order valence-electron chi connectivity index (χ0n) is 7.71. The lowest BCUT2D eigenvalue weighted by molar-refractivity contribution is 0.780. The van der Waals surface area contributed by atoms with E-state index in [-0.39, 0.29) is 0 Å². The summed E-state index contributed by atoms with van der Waals surface area (Å²) in [4.78, 5) is 0. The summed E-state index contributed by atoms with van der Waals surface area (Å²) in [6.45, 7) is 2.13. The molecule has 2 nitrogen and oxygen atoms in total. The minimum absolute atomic E-state index is 0.713. The fourth-order valence-electron chi connectivity index (χ4n) is 1.44. The molecule has 1 aromatic carbocycles. The Labute approximate surface area is 82.1 Å². The van der Waals surface area contributed by atoms with E-state index in [1.165, 1.54) is 5.56 Å². The van der Waals surface area contributed by atoms with E-state index in [0.717, 1.165) is 17.3 Å². The van der Waals surface area contributed by atoms with Crippen LogP contribution < -0.4 is 0 Å². The van der Waals surface area contributed by atoms with Crippen LogP contribution in [0.2, 0.25) is 5.15 Å². The maximum atomic E-state index is 6.07. The maximum Gasteiger partial charge on any atom is 0.134 e. The Morgan fingerprint density at radius 3 is 2.92 bits per heavy atom. The average Bonchev–Trinajstić information content (AvgIpc) is 2.43. The predicted octanol–water partition coefficient (Wildman–Crippen LogP) is 2.79. The van der Waals surface area contributed by atoms with Gasteiger partial charge in [0.15, 0.2) is 0 Å². The fourth-order valence-corrected chi connectivity index (χ4v) is 1.62. The monoisotopic (exact) mass is 194 g/mol. The number of halogens is 1. The van der Waals surface area contributed by atoms with Crippen LogP contribution in [0.25, 0.3) is 10.9 Å². The Kier molecular flexibility index (Phi) is 2.00. The smallest absolute Gasteiger partial charge is 0.134 e. The van der Waals surface area contributed by atoms with Gasteiger partial charge in [-0.05, 0) is 24.1 Å². The van der Waals surface area contributed by atoms with Crippen molar-refractivity contribution >= 4 is 22.5 Å². The first-order valence-corrected chi connectivity index (χ1v) is 4.71. The maximum absolute atomic E-state index is 6.07. The van der Waals surface area contributed by atoms with Crippen molar-refractivity contribution in [3.05, 3.63) is 28.9 Å². The second-order valence-corrected chi connectivity index (χ2v) is 3.48. The summed E-state index contributed by atoms with van der Waals surface area (Å²) >= 11 is 6.07. The first-order valence-electron chi connectivity index (χ1n) is 4.33. The van der Waals surface area contributed by atoms with Crippen LogP contribution in [0.1, 0.15) is 12.5 Å². The summed E-state index contributed by atoms with van der Waals surface area (Å²) < 4.78 is 1.70. The molecule has 0 saturated carbocycles. The highest BCUT2D eigenvalue weighted by Gasteiger charge is 2.05. The van der Waals surface area contributed by atoms with Crippen LogP contribution in [-0.2, 0) is 13.5 Å². The zero-order chi connectivity index (χ0) is 9.42. The van der Waals surface area contributed by atoms with E-state index in [1.807, 2.05) is 13.1 Å². The topological polar surface area (TPSA) is 17.8 Å². The quantitative estimate of drug-likeness (QED) is 0.683. The molecule has 0 unspecified atom stereocenters. The predicted molar refractivity (Wildman–Crippen MR) is 55.1 cm³/mol. The van der Waals surface area contributed by atoms with E-state index in [4.69, 9.17) is 11.6 Å². The molecule has 0 radical (unpaired) electrons. The van der Waals surface area contributed by atoms with Crippen molar-refractivity contribution in [1.29, 1.82) is 0 Å². The third-order valence-corrected chi connectivity index (χ3v) is 2.68. The van der Waals surface area contributed by atoms with Crippen molar-refractivity contribution < 1.29 is 0 Å². The van der Waals surface area contributed by atoms with Gasteiger partial charge in [0, 0.05) is 12.4 Å². The second-order valence-electron chi connectivity index (χ2n) is 3.12. The molecule has 0 amide bonds. The number of hydrogen-bond donors (Lipinski definition) is 0. The van der Waals surface area contributed by atoms with Crippen LogP contribution in [0.4, 0.5) is 0 Å². The Morgan fingerprint density at radius 2 is 2.23 bits per heavy atom. The first-order chi connectivity index (χ1) is 6.22. The molecule has 13 heavy (non-hydrogen) atoms. The third kappa shape index (κ3) is 1.31. The van der Waals surface area contributed by atoms with E-state index in [2.05, 4.69) is 24.2 Å². The Hall–Kier alpha value is -1.02. The molecule has 0 aliphatic carbocycles. The number of benzene rings is 1.